The molecular formula is C16H15NO2S. The largest absolute Gasteiger partial charge is 0.461 e. The molecule has 0 saturated heterocycles. The van der Waals surface area contributed by atoms with Crippen molar-refractivity contribution in [2.24, 2.45) is 5.73 Å². The summed E-state index contributed by atoms with van der Waals surface area (Å²) >= 11 is 1.50. The lowest BCUT2D eigenvalue weighted by molar-refractivity contribution is -0.120. The molecule has 0 radical (unpaired) electrons. The second-order valence-electron chi connectivity index (χ2n) is 4.94. The number of hydrogen-bond donors (Lipinski definition) is 1. The highest BCUT2D eigenvalue weighted by molar-refractivity contribution is 7.10. The van der Waals surface area contributed by atoms with Gasteiger partial charge in [0, 0.05) is 0 Å². The van der Waals surface area contributed by atoms with E-state index in [4.69, 9.17) is 10.5 Å². The molecule has 1 atom stereocenters. The van der Waals surface area contributed by atoms with Crippen molar-refractivity contribution in [1.82, 2.24) is 0 Å². The second kappa shape index (κ2) is 4.80. The number of hydrogen-bond acceptors (Lipinski definition) is 4. The van der Waals surface area contributed by atoms with Crippen LogP contribution in [0.2, 0.25) is 0 Å². The zero-order valence-corrected chi connectivity index (χ0v) is 12.2. The SMILES string of the molecule is Cc1ccc(C)c(C2=C(N)OC(c3cccs3)C2=O)c1. The van der Waals surface area contributed by atoms with E-state index in [1.807, 2.05) is 49.6 Å². The Morgan fingerprint density at radius 3 is 2.75 bits per heavy atom. The van der Waals surface area contributed by atoms with Crippen LogP contribution < -0.4 is 5.73 Å². The van der Waals surface area contributed by atoms with Crippen LogP contribution in [0.4, 0.5) is 0 Å². The highest BCUT2D eigenvalue weighted by Crippen LogP contribution is 2.38. The molecule has 4 heteroatoms. The molecule has 0 saturated carbocycles. The Bertz CT molecular complexity index is 701. The lowest BCUT2D eigenvalue weighted by Gasteiger charge is -2.08. The van der Waals surface area contributed by atoms with Crippen LogP contribution in [0.1, 0.15) is 27.7 Å². The topological polar surface area (TPSA) is 52.3 Å². The van der Waals surface area contributed by atoms with Gasteiger partial charge in [0.25, 0.3) is 0 Å². The van der Waals surface area contributed by atoms with E-state index >= 15 is 0 Å². The van der Waals surface area contributed by atoms with Crippen LogP contribution in [0.25, 0.3) is 5.57 Å². The monoisotopic (exact) mass is 285 g/mol. The Balaban J connectivity index is 2.04. The van der Waals surface area contributed by atoms with Crippen LogP contribution in [-0.4, -0.2) is 5.78 Å². The van der Waals surface area contributed by atoms with Crippen LogP contribution in [0.5, 0.6) is 0 Å². The first-order valence-electron chi connectivity index (χ1n) is 6.39. The minimum absolute atomic E-state index is 0.0568. The number of ketones is 1. The summed E-state index contributed by atoms with van der Waals surface area (Å²) in [6, 6.07) is 9.80. The van der Waals surface area contributed by atoms with Gasteiger partial charge in [0.05, 0.1) is 10.5 Å². The molecule has 0 fully saturated rings. The van der Waals surface area contributed by atoms with Crippen molar-refractivity contribution in [3.63, 3.8) is 0 Å². The number of aryl methyl sites for hydroxylation is 2. The van der Waals surface area contributed by atoms with Crippen LogP contribution >= 0.6 is 11.3 Å². The second-order valence-corrected chi connectivity index (χ2v) is 5.91. The third-order valence-electron chi connectivity index (χ3n) is 3.44. The van der Waals surface area contributed by atoms with Crippen LogP contribution in [0, 0.1) is 13.8 Å². The Morgan fingerprint density at radius 1 is 1.25 bits per heavy atom. The normalized spacial score (nSPS) is 18.5. The van der Waals surface area contributed by atoms with E-state index in [9.17, 15) is 4.79 Å². The summed E-state index contributed by atoms with van der Waals surface area (Å²) in [5.41, 5.74) is 9.45. The molecule has 2 aromatic rings. The van der Waals surface area contributed by atoms with Gasteiger partial charge >= 0.3 is 0 Å². The number of benzene rings is 1. The van der Waals surface area contributed by atoms with Gasteiger partial charge in [-0.05, 0) is 36.4 Å². The third-order valence-corrected chi connectivity index (χ3v) is 4.36. The minimum atomic E-state index is -0.593. The number of carbonyl (C=O) groups excluding carboxylic acids is 1. The number of nitrogens with two attached hydrogens (primary N) is 1. The maximum Gasteiger partial charge on any atom is 0.214 e. The van der Waals surface area contributed by atoms with E-state index < -0.39 is 6.10 Å². The molecule has 0 aliphatic carbocycles. The van der Waals surface area contributed by atoms with Crippen molar-refractivity contribution in [3.05, 3.63) is 63.2 Å². The summed E-state index contributed by atoms with van der Waals surface area (Å²) in [7, 11) is 0. The van der Waals surface area contributed by atoms with Gasteiger partial charge in [-0.1, -0.05) is 29.8 Å². The van der Waals surface area contributed by atoms with E-state index in [1.54, 1.807) is 0 Å². The molecule has 1 aliphatic heterocycles. The predicted octanol–water partition coefficient (Wildman–Crippen LogP) is 3.33. The molecule has 1 aliphatic rings. The maximum absolute atomic E-state index is 12.6. The average Bonchev–Trinajstić information content (AvgIpc) is 3.02. The van der Waals surface area contributed by atoms with Crippen LogP contribution in [0.15, 0.2) is 41.6 Å². The summed E-state index contributed by atoms with van der Waals surface area (Å²) in [5, 5.41) is 1.93. The van der Waals surface area contributed by atoms with Crippen molar-refractivity contribution >= 4 is 22.7 Å². The van der Waals surface area contributed by atoms with E-state index in [1.165, 1.54) is 11.3 Å². The van der Waals surface area contributed by atoms with Gasteiger partial charge in [0.1, 0.15) is 0 Å². The molecule has 3 nitrogen and oxygen atoms in total. The number of thiophene rings is 1. The van der Waals surface area contributed by atoms with Crippen molar-refractivity contribution in [1.29, 1.82) is 0 Å². The van der Waals surface area contributed by atoms with Gasteiger partial charge in [-0.2, -0.15) is 0 Å². The first-order valence-corrected chi connectivity index (χ1v) is 7.27. The quantitative estimate of drug-likeness (QED) is 0.920. The van der Waals surface area contributed by atoms with Gasteiger partial charge in [-0.25, -0.2) is 0 Å². The molecular weight excluding hydrogens is 270 g/mol. The molecule has 2 heterocycles. The molecule has 1 unspecified atom stereocenters. The highest BCUT2D eigenvalue weighted by Gasteiger charge is 2.37. The number of ether oxygens (including phenoxy) is 1. The minimum Gasteiger partial charge on any atom is -0.461 e. The van der Waals surface area contributed by atoms with Crippen molar-refractivity contribution in [3.8, 4) is 0 Å². The lowest BCUT2D eigenvalue weighted by Crippen LogP contribution is -2.08. The standard InChI is InChI=1S/C16H15NO2S/c1-9-5-6-10(2)11(8-9)13-14(18)15(19-16(13)17)12-4-3-7-20-12/h3-8,15H,17H2,1-2H3. The summed E-state index contributed by atoms with van der Waals surface area (Å²) in [6.45, 7) is 3.97. The zero-order chi connectivity index (χ0) is 14.3. The summed E-state index contributed by atoms with van der Waals surface area (Å²) in [4.78, 5) is 13.5. The summed E-state index contributed by atoms with van der Waals surface area (Å²) in [5.74, 6) is 0.167. The fourth-order valence-electron chi connectivity index (χ4n) is 2.39. The van der Waals surface area contributed by atoms with E-state index in [0.29, 0.717) is 5.57 Å². The number of Topliss-reactive ketones (excluding diaryl/α,β-unsaturated/α-hetero) is 1. The van der Waals surface area contributed by atoms with Gasteiger partial charge in [0.15, 0.2) is 12.0 Å². The average molecular weight is 285 g/mol. The van der Waals surface area contributed by atoms with Gasteiger partial charge in [-0.3, -0.25) is 4.79 Å². The molecule has 0 bridgehead atoms. The third kappa shape index (κ3) is 2.02. The molecule has 0 spiro atoms. The molecule has 1 aromatic carbocycles. The van der Waals surface area contributed by atoms with Crippen molar-refractivity contribution in [2.75, 3.05) is 0 Å². The summed E-state index contributed by atoms with van der Waals surface area (Å²) < 4.78 is 5.60. The molecule has 3 rings (SSSR count). The molecule has 20 heavy (non-hydrogen) atoms. The van der Waals surface area contributed by atoms with Crippen LogP contribution in [0.3, 0.4) is 0 Å². The molecule has 2 N–H and O–H groups in total. The maximum atomic E-state index is 12.6. The van der Waals surface area contributed by atoms with Crippen molar-refractivity contribution in [2.45, 2.75) is 20.0 Å². The number of rotatable bonds is 2. The fourth-order valence-corrected chi connectivity index (χ4v) is 3.14. The fraction of sp³-hybridized carbons (Fsp3) is 0.188. The molecule has 0 amide bonds. The Hall–Kier alpha value is -2.07. The number of carbonyl (C=O) groups is 1. The van der Waals surface area contributed by atoms with Gasteiger partial charge in [-0.15, -0.1) is 11.3 Å². The molecule has 102 valence electrons. The Kier molecular flexibility index (Phi) is 3.10. The highest BCUT2D eigenvalue weighted by atomic mass is 32.1. The predicted molar refractivity (Wildman–Crippen MR) is 80.2 cm³/mol. The zero-order valence-electron chi connectivity index (χ0n) is 11.3. The molecule has 1 aromatic heterocycles. The van der Waals surface area contributed by atoms with E-state index in [2.05, 4.69) is 0 Å². The first kappa shape index (κ1) is 12.9. The van der Waals surface area contributed by atoms with Crippen LogP contribution in [-0.2, 0) is 9.53 Å². The Morgan fingerprint density at radius 2 is 2.05 bits per heavy atom. The van der Waals surface area contributed by atoms with E-state index in [-0.39, 0.29) is 11.7 Å². The van der Waals surface area contributed by atoms with Gasteiger partial charge < -0.3 is 10.5 Å². The summed E-state index contributed by atoms with van der Waals surface area (Å²) in [6.07, 6.45) is -0.593. The Labute approximate surface area is 121 Å². The van der Waals surface area contributed by atoms with Crippen molar-refractivity contribution < 1.29 is 9.53 Å². The van der Waals surface area contributed by atoms with Gasteiger partial charge in [0.2, 0.25) is 5.78 Å². The first-order chi connectivity index (χ1) is 9.58. The smallest absolute Gasteiger partial charge is 0.214 e. The lowest BCUT2D eigenvalue weighted by atomic mass is 9.94. The van der Waals surface area contributed by atoms with E-state index in [0.717, 1.165) is 21.6 Å².